The number of hydrogen-bond donors (Lipinski definition) is 1. The molecule has 1 aromatic heterocycles. The minimum atomic E-state index is 0.201. The SMILES string of the molecule is CCn1nccc1C(NC)c1cccc(C)c1C. The van der Waals surface area contributed by atoms with Crippen LogP contribution in [0.4, 0.5) is 0 Å². The fourth-order valence-electron chi connectivity index (χ4n) is 2.40. The zero-order valence-electron chi connectivity index (χ0n) is 11.6. The molecule has 0 aliphatic rings. The van der Waals surface area contributed by atoms with Crippen LogP contribution < -0.4 is 5.32 Å². The van der Waals surface area contributed by atoms with Crippen molar-refractivity contribution in [2.24, 2.45) is 0 Å². The molecule has 0 radical (unpaired) electrons. The van der Waals surface area contributed by atoms with E-state index in [9.17, 15) is 0 Å². The molecule has 1 unspecified atom stereocenters. The van der Waals surface area contributed by atoms with Crippen LogP contribution in [-0.2, 0) is 6.54 Å². The third-order valence-corrected chi connectivity index (χ3v) is 3.59. The maximum absolute atomic E-state index is 4.36. The van der Waals surface area contributed by atoms with Gasteiger partial charge in [0.25, 0.3) is 0 Å². The molecule has 96 valence electrons. The van der Waals surface area contributed by atoms with Crippen LogP contribution in [0.25, 0.3) is 0 Å². The first-order valence-corrected chi connectivity index (χ1v) is 6.44. The zero-order chi connectivity index (χ0) is 13.1. The number of nitrogens with one attached hydrogen (secondary N) is 1. The van der Waals surface area contributed by atoms with Gasteiger partial charge in [0.05, 0.1) is 11.7 Å². The number of aryl methyl sites for hydroxylation is 2. The highest BCUT2D eigenvalue weighted by molar-refractivity contribution is 5.39. The Morgan fingerprint density at radius 3 is 2.72 bits per heavy atom. The van der Waals surface area contributed by atoms with Crippen molar-refractivity contribution in [3.63, 3.8) is 0 Å². The monoisotopic (exact) mass is 243 g/mol. The highest BCUT2D eigenvalue weighted by Crippen LogP contribution is 2.26. The van der Waals surface area contributed by atoms with E-state index in [-0.39, 0.29) is 6.04 Å². The molecule has 1 heterocycles. The van der Waals surface area contributed by atoms with Gasteiger partial charge in [-0.05, 0) is 50.6 Å². The second-order valence-corrected chi connectivity index (χ2v) is 4.58. The summed E-state index contributed by atoms with van der Waals surface area (Å²) in [6.45, 7) is 7.35. The van der Waals surface area contributed by atoms with Gasteiger partial charge in [0.15, 0.2) is 0 Å². The van der Waals surface area contributed by atoms with E-state index in [0.29, 0.717) is 0 Å². The van der Waals surface area contributed by atoms with Crippen LogP contribution in [0.3, 0.4) is 0 Å². The van der Waals surface area contributed by atoms with Gasteiger partial charge in [0.2, 0.25) is 0 Å². The Morgan fingerprint density at radius 2 is 2.06 bits per heavy atom. The summed E-state index contributed by atoms with van der Waals surface area (Å²) in [5.41, 5.74) is 5.22. The van der Waals surface area contributed by atoms with Crippen LogP contribution >= 0.6 is 0 Å². The van der Waals surface area contributed by atoms with Gasteiger partial charge in [-0.3, -0.25) is 4.68 Å². The first-order chi connectivity index (χ1) is 8.69. The minimum absolute atomic E-state index is 0.201. The minimum Gasteiger partial charge on any atom is -0.308 e. The van der Waals surface area contributed by atoms with Crippen molar-refractivity contribution in [2.45, 2.75) is 33.4 Å². The number of nitrogens with zero attached hydrogens (tertiary/aromatic N) is 2. The second kappa shape index (κ2) is 5.36. The molecule has 3 nitrogen and oxygen atoms in total. The molecule has 0 fully saturated rings. The van der Waals surface area contributed by atoms with E-state index in [1.807, 2.05) is 17.9 Å². The molecule has 0 aliphatic heterocycles. The summed E-state index contributed by atoms with van der Waals surface area (Å²) in [4.78, 5) is 0. The average molecular weight is 243 g/mol. The Hall–Kier alpha value is -1.61. The topological polar surface area (TPSA) is 29.9 Å². The molecule has 0 saturated heterocycles. The van der Waals surface area contributed by atoms with Crippen molar-refractivity contribution in [2.75, 3.05) is 7.05 Å². The maximum Gasteiger partial charge on any atom is 0.0748 e. The lowest BCUT2D eigenvalue weighted by atomic mass is 9.95. The fraction of sp³-hybridized carbons (Fsp3) is 0.400. The summed E-state index contributed by atoms with van der Waals surface area (Å²) in [6.07, 6.45) is 1.87. The van der Waals surface area contributed by atoms with Crippen LogP contribution in [0.15, 0.2) is 30.5 Å². The molecule has 2 aromatic rings. The number of hydrogen-bond acceptors (Lipinski definition) is 2. The highest BCUT2D eigenvalue weighted by Gasteiger charge is 2.18. The van der Waals surface area contributed by atoms with Gasteiger partial charge in [-0.25, -0.2) is 0 Å². The molecule has 2 rings (SSSR count). The standard InChI is InChI=1S/C15H21N3/c1-5-18-14(9-10-17-18)15(16-4)13-8-6-7-11(2)12(13)3/h6-10,15-16H,5H2,1-4H3. The van der Waals surface area contributed by atoms with Crippen LogP contribution in [0.5, 0.6) is 0 Å². The molecule has 0 saturated carbocycles. The van der Waals surface area contributed by atoms with Gasteiger partial charge in [-0.15, -0.1) is 0 Å². The van der Waals surface area contributed by atoms with E-state index in [1.54, 1.807) is 0 Å². The first kappa shape index (κ1) is 12.8. The van der Waals surface area contributed by atoms with Gasteiger partial charge < -0.3 is 5.32 Å². The number of rotatable bonds is 4. The van der Waals surface area contributed by atoms with Gasteiger partial charge in [0, 0.05) is 12.7 Å². The molecule has 1 N–H and O–H groups in total. The highest BCUT2D eigenvalue weighted by atomic mass is 15.3. The maximum atomic E-state index is 4.36. The molecular weight excluding hydrogens is 222 g/mol. The van der Waals surface area contributed by atoms with Gasteiger partial charge in [0.1, 0.15) is 0 Å². The summed E-state index contributed by atoms with van der Waals surface area (Å²) in [6, 6.07) is 8.76. The summed E-state index contributed by atoms with van der Waals surface area (Å²) in [5.74, 6) is 0. The normalized spacial score (nSPS) is 12.7. The van der Waals surface area contributed by atoms with Crippen molar-refractivity contribution in [3.05, 3.63) is 52.8 Å². The van der Waals surface area contributed by atoms with Crippen molar-refractivity contribution in [1.82, 2.24) is 15.1 Å². The molecule has 1 aromatic carbocycles. The fourth-order valence-corrected chi connectivity index (χ4v) is 2.40. The molecule has 0 amide bonds. The lowest BCUT2D eigenvalue weighted by molar-refractivity contribution is 0.562. The summed E-state index contributed by atoms with van der Waals surface area (Å²) < 4.78 is 2.04. The molecular formula is C15H21N3. The van der Waals surface area contributed by atoms with Gasteiger partial charge in [-0.2, -0.15) is 5.10 Å². The average Bonchev–Trinajstić information content (AvgIpc) is 2.83. The lowest BCUT2D eigenvalue weighted by Gasteiger charge is -2.21. The second-order valence-electron chi connectivity index (χ2n) is 4.58. The molecule has 0 bridgehead atoms. The van der Waals surface area contributed by atoms with E-state index in [0.717, 1.165) is 6.54 Å². The van der Waals surface area contributed by atoms with Crippen molar-refractivity contribution in [3.8, 4) is 0 Å². The van der Waals surface area contributed by atoms with Crippen LogP contribution in [-0.4, -0.2) is 16.8 Å². The van der Waals surface area contributed by atoms with E-state index in [1.165, 1.54) is 22.4 Å². The number of aromatic nitrogens is 2. The van der Waals surface area contributed by atoms with Gasteiger partial charge >= 0.3 is 0 Å². The predicted octanol–water partition coefficient (Wildman–Crippen LogP) is 2.83. The predicted molar refractivity (Wildman–Crippen MR) is 74.7 cm³/mol. The molecule has 0 spiro atoms. The third-order valence-electron chi connectivity index (χ3n) is 3.59. The first-order valence-electron chi connectivity index (χ1n) is 6.44. The Kier molecular flexibility index (Phi) is 3.82. The van der Waals surface area contributed by atoms with Crippen molar-refractivity contribution < 1.29 is 0 Å². The molecule has 3 heteroatoms. The van der Waals surface area contributed by atoms with E-state index < -0.39 is 0 Å². The van der Waals surface area contributed by atoms with E-state index >= 15 is 0 Å². The quantitative estimate of drug-likeness (QED) is 0.895. The van der Waals surface area contributed by atoms with Gasteiger partial charge in [-0.1, -0.05) is 18.2 Å². The third kappa shape index (κ3) is 2.18. The summed E-state index contributed by atoms with van der Waals surface area (Å²) in [5, 5.41) is 7.76. The lowest BCUT2D eigenvalue weighted by Crippen LogP contribution is -2.22. The zero-order valence-corrected chi connectivity index (χ0v) is 11.6. The van der Waals surface area contributed by atoms with Crippen molar-refractivity contribution >= 4 is 0 Å². The Balaban J connectivity index is 2.49. The summed E-state index contributed by atoms with van der Waals surface area (Å²) >= 11 is 0. The van der Waals surface area contributed by atoms with Crippen molar-refractivity contribution in [1.29, 1.82) is 0 Å². The van der Waals surface area contributed by atoms with E-state index in [2.05, 4.69) is 55.5 Å². The Labute approximate surface area is 109 Å². The Bertz CT molecular complexity index is 528. The molecule has 0 aliphatic carbocycles. The van der Waals surface area contributed by atoms with Crippen LogP contribution in [0.1, 0.15) is 35.3 Å². The molecule has 1 atom stereocenters. The van der Waals surface area contributed by atoms with Crippen LogP contribution in [0, 0.1) is 13.8 Å². The smallest absolute Gasteiger partial charge is 0.0748 e. The largest absolute Gasteiger partial charge is 0.308 e. The number of benzene rings is 1. The van der Waals surface area contributed by atoms with E-state index in [4.69, 9.17) is 0 Å². The Morgan fingerprint density at radius 1 is 1.28 bits per heavy atom. The summed E-state index contributed by atoms with van der Waals surface area (Å²) in [7, 11) is 2.00. The molecule has 18 heavy (non-hydrogen) atoms. The van der Waals surface area contributed by atoms with Crippen LogP contribution in [0.2, 0.25) is 0 Å².